The number of aliphatic hydroxyl groups is 1. The van der Waals surface area contributed by atoms with Gasteiger partial charge < -0.3 is 19.3 Å². The fourth-order valence-corrected chi connectivity index (χ4v) is 10.7. The first-order chi connectivity index (χ1) is 21.8. The largest absolute Gasteiger partial charge is 0.462 e. The second-order valence-electron chi connectivity index (χ2n) is 16.8. The van der Waals surface area contributed by atoms with E-state index >= 15 is 0 Å². The zero-order chi connectivity index (χ0) is 33.6. The van der Waals surface area contributed by atoms with Crippen LogP contribution in [0.3, 0.4) is 0 Å². The molecule has 0 saturated heterocycles. The van der Waals surface area contributed by atoms with E-state index < -0.39 is 18.5 Å². The molecule has 6 heteroatoms. The number of hydrogen-bond donors (Lipinski definition) is 1. The van der Waals surface area contributed by atoms with Crippen LogP contribution in [0.4, 0.5) is 0 Å². The highest BCUT2D eigenvalue weighted by Gasteiger charge is 2.60. The number of rotatable bonds is 16. The van der Waals surface area contributed by atoms with Crippen LogP contribution in [0.5, 0.6) is 0 Å². The van der Waals surface area contributed by atoms with Crippen LogP contribution in [0.2, 0.25) is 0 Å². The highest BCUT2D eigenvalue weighted by atomic mass is 16.5. The molecule has 0 bridgehead atoms. The van der Waals surface area contributed by atoms with E-state index in [4.69, 9.17) is 14.2 Å². The Bertz CT molecular complexity index is 1070. The number of carbonyl (C=O) groups excluding carboxylic acids is 2. The third-order valence-corrected chi connectivity index (χ3v) is 13.4. The molecule has 4 fully saturated rings. The molecule has 4 saturated carbocycles. The molecule has 4 aliphatic carbocycles. The molecule has 0 aliphatic heterocycles. The van der Waals surface area contributed by atoms with Crippen molar-refractivity contribution in [2.45, 2.75) is 131 Å². The lowest BCUT2D eigenvalue weighted by Gasteiger charge is -2.61. The number of carbonyl (C=O) groups is 2. The Morgan fingerprint density at radius 1 is 0.848 bits per heavy atom. The maximum absolute atomic E-state index is 12.1. The molecule has 0 aromatic carbocycles. The summed E-state index contributed by atoms with van der Waals surface area (Å²) in [5, 5.41) is 9.18. The summed E-state index contributed by atoms with van der Waals surface area (Å²) in [6.07, 6.45) is 17.0. The topological polar surface area (TPSA) is 82.1 Å². The van der Waals surface area contributed by atoms with E-state index in [0.717, 1.165) is 54.3 Å². The van der Waals surface area contributed by atoms with Gasteiger partial charge in [-0.25, -0.2) is 9.59 Å². The SMILES string of the molecule is C=C(C)C(=O)OCC(CCO[C@H]1CC[C@@]2(C)C(CC[C@@H]3C2CC[C@@]2(C)C3CC[C@@H]2[C@H](C)CCCC(C)C)C1)COC(=O)C(=C)CO. The summed E-state index contributed by atoms with van der Waals surface area (Å²) < 4.78 is 17.2. The van der Waals surface area contributed by atoms with Gasteiger partial charge >= 0.3 is 11.9 Å². The molecule has 1 N–H and O–H groups in total. The van der Waals surface area contributed by atoms with Gasteiger partial charge in [0.1, 0.15) is 0 Å². The first-order valence-electron chi connectivity index (χ1n) is 18.7. The van der Waals surface area contributed by atoms with Gasteiger partial charge in [-0.3, -0.25) is 0 Å². The molecule has 0 heterocycles. The number of aliphatic hydroxyl groups excluding tert-OH is 1. The highest BCUT2D eigenvalue weighted by Crippen LogP contribution is 2.68. The Morgan fingerprint density at radius 2 is 1.52 bits per heavy atom. The van der Waals surface area contributed by atoms with Crippen molar-refractivity contribution in [1.29, 1.82) is 0 Å². The molecule has 4 rings (SSSR count). The standard InChI is InChI=1S/C40H66O6/c1-26(2)10-9-11-28(5)34-14-15-35-33-13-12-31-22-32(16-19-39(31,7)36(33)17-20-40(34,35)8)44-21-18-30(24-45-37(42)27(3)4)25-46-38(43)29(6)23-41/h26,28,30-36,41H,3,6,9-25H2,1-2,4-5,7-8H3/t28-,30?,31?,32+,33+,34-,35?,36?,39+,40-/m1/s1. The third-order valence-electron chi connectivity index (χ3n) is 13.4. The summed E-state index contributed by atoms with van der Waals surface area (Å²) in [6.45, 7) is 21.7. The van der Waals surface area contributed by atoms with Crippen molar-refractivity contribution >= 4 is 11.9 Å². The van der Waals surface area contributed by atoms with Crippen LogP contribution in [0.15, 0.2) is 24.3 Å². The monoisotopic (exact) mass is 642 g/mol. The summed E-state index contributed by atoms with van der Waals surface area (Å²) in [6, 6.07) is 0. The van der Waals surface area contributed by atoms with Crippen LogP contribution in [0.1, 0.15) is 125 Å². The van der Waals surface area contributed by atoms with Crippen LogP contribution >= 0.6 is 0 Å². The van der Waals surface area contributed by atoms with Crippen molar-refractivity contribution in [2.24, 2.45) is 58.2 Å². The first-order valence-corrected chi connectivity index (χ1v) is 18.7. The van der Waals surface area contributed by atoms with Gasteiger partial charge in [0, 0.05) is 18.1 Å². The van der Waals surface area contributed by atoms with Gasteiger partial charge in [0.15, 0.2) is 0 Å². The van der Waals surface area contributed by atoms with Crippen molar-refractivity contribution in [1.82, 2.24) is 0 Å². The predicted molar refractivity (Wildman–Crippen MR) is 184 cm³/mol. The van der Waals surface area contributed by atoms with E-state index in [1.54, 1.807) is 6.92 Å². The maximum Gasteiger partial charge on any atom is 0.335 e. The Hall–Kier alpha value is -1.66. The van der Waals surface area contributed by atoms with E-state index in [1.165, 1.54) is 64.2 Å². The van der Waals surface area contributed by atoms with Crippen LogP contribution in [0.25, 0.3) is 0 Å². The van der Waals surface area contributed by atoms with E-state index in [1.807, 2.05) is 0 Å². The average molecular weight is 643 g/mol. The van der Waals surface area contributed by atoms with Crippen molar-refractivity contribution < 1.29 is 28.9 Å². The average Bonchev–Trinajstić information content (AvgIpc) is 3.38. The molecule has 0 spiro atoms. The van der Waals surface area contributed by atoms with Crippen molar-refractivity contribution in [3.8, 4) is 0 Å². The third kappa shape index (κ3) is 8.49. The number of fused-ring (bicyclic) bond motifs is 5. The maximum atomic E-state index is 12.1. The van der Waals surface area contributed by atoms with Crippen molar-refractivity contribution in [3.63, 3.8) is 0 Å². The summed E-state index contributed by atoms with van der Waals surface area (Å²) in [5.74, 6) is 4.69. The molecule has 6 nitrogen and oxygen atoms in total. The fourth-order valence-electron chi connectivity index (χ4n) is 10.7. The molecule has 4 unspecified atom stereocenters. The van der Waals surface area contributed by atoms with Crippen molar-refractivity contribution in [2.75, 3.05) is 26.4 Å². The lowest BCUT2D eigenvalue weighted by molar-refractivity contribution is -0.146. The second kappa shape index (κ2) is 16.2. The minimum Gasteiger partial charge on any atom is -0.462 e. The van der Waals surface area contributed by atoms with E-state index in [2.05, 4.69) is 47.8 Å². The number of hydrogen-bond acceptors (Lipinski definition) is 6. The minimum atomic E-state index is -0.630. The summed E-state index contributed by atoms with van der Waals surface area (Å²) in [7, 11) is 0. The molecule has 0 radical (unpaired) electrons. The highest BCUT2D eigenvalue weighted by molar-refractivity contribution is 5.88. The normalized spacial score (nSPS) is 35.0. The van der Waals surface area contributed by atoms with Gasteiger partial charge in [-0.1, -0.05) is 67.0 Å². The van der Waals surface area contributed by atoms with Gasteiger partial charge in [0.05, 0.1) is 31.5 Å². The Morgan fingerprint density at radius 3 is 2.20 bits per heavy atom. The molecule has 10 atom stereocenters. The zero-order valence-corrected chi connectivity index (χ0v) is 30.1. The fraction of sp³-hybridized carbons (Fsp3) is 0.850. The van der Waals surface area contributed by atoms with Gasteiger partial charge in [0.2, 0.25) is 0 Å². The summed E-state index contributed by atoms with van der Waals surface area (Å²) in [4.78, 5) is 24.1. The molecule has 46 heavy (non-hydrogen) atoms. The quantitative estimate of drug-likeness (QED) is 0.134. The first kappa shape index (κ1) is 37.2. The molecule has 262 valence electrons. The van der Waals surface area contributed by atoms with Gasteiger partial charge in [-0.2, -0.15) is 0 Å². The van der Waals surface area contributed by atoms with Crippen LogP contribution < -0.4 is 0 Å². The second-order valence-corrected chi connectivity index (χ2v) is 16.8. The van der Waals surface area contributed by atoms with Gasteiger partial charge in [-0.05, 0) is 123 Å². The Kier molecular flexibility index (Phi) is 13.1. The molecular formula is C40H66O6. The zero-order valence-electron chi connectivity index (χ0n) is 30.1. The molecule has 0 aromatic rings. The van der Waals surface area contributed by atoms with Crippen LogP contribution in [-0.4, -0.2) is 49.6 Å². The van der Waals surface area contributed by atoms with Gasteiger partial charge in [-0.15, -0.1) is 0 Å². The van der Waals surface area contributed by atoms with E-state index in [0.29, 0.717) is 29.4 Å². The van der Waals surface area contributed by atoms with Crippen molar-refractivity contribution in [3.05, 3.63) is 24.3 Å². The van der Waals surface area contributed by atoms with E-state index in [9.17, 15) is 14.7 Å². The van der Waals surface area contributed by atoms with E-state index in [-0.39, 0.29) is 30.8 Å². The van der Waals surface area contributed by atoms with Crippen LogP contribution in [-0.2, 0) is 23.8 Å². The lowest BCUT2D eigenvalue weighted by Crippen LogP contribution is -2.54. The lowest BCUT2D eigenvalue weighted by atomic mass is 9.44. The minimum absolute atomic E-state index is 0.0101. The predicted octanol–water partition coefficient (Wildman–Crippen LogP) is 8.71. The number of ether oxygens (including phenoxy) is 3. The summed E-state index contributed by atoms with van der Waals surface area (Å²) >= 11 is 0. The van der Waals surface area contributed by atoms with Gasteiger partial charge in [0.25, 0.3) is 0 Å². The Labute approximate surface area is 280 Å². The van der Waals surface area contributed by atoms with Crippen LogP contribution in [0, 0.1) is 58.2 Å². The molecule has 0 amide bonds. The Balaban J connectivity index is 1.29. The molecule has 4 aliphatic rings. The summed E-state index contributed by atoms with van der Waals surface area (Å²) in [5.41, 5.74) is 1.31. The number of esters is 2. The smallest absolute Gasteiger partial charge is 0.335 e. The molecular weight excluding hydrogens is 576 g/mol. The molecule has 0 aromatic heterocycles.